The lowest BCUT2D eigenvalue weighted by atomic mass is 9.80. The van der Waals surface area contributed by atoms with Gasteiger partial charge in [0.05, 0.1) is 11.4 Å². The number of hydrogen-bond donors (Lipinski definition) is 3. The highest BCUT2D eigenvalue weighted by molar-refractivity contribution is 6.58. The standard InChI is InChI=1S/C31H29BClFN6O5/c1-4-40-28-19-12-26(30(35-14-19)36-31(41)44-16-18-5-7-21(8-6-18)32(42)43)45-17(2)24-13-22(34)9-10-23(24)27-20(15-39(3)37-27)11-25(28)29(33)38-40/h5-10,12-15,17,42-43H,4,11,16H2,1-3H3,(H,35,36,41)/t17-/m1/s1. The number of benzene rings is 2. The zero-order valence-electron chi connectivity index (χ0n) is 24.7. The Morgan fingerprint density at radius 1 is 1.20 bits per heavy atom. The third-order valence-electron chi connectivity index (χ3n) is 7.58. The number of hydrogen-bond acceptors (Lipinski definition) is 8. The highest BCUT2D eigenvalue weighted by Crippen LogP contribution is 2.40. The number of nitrogens with one attached hydrogen (secondary N) is 1. The molecule has 0 aliphatic carbocycles. The summed E-state index contributed by atoms with van der Waals surface area (Å²) in [5.41, 5.74) is 5.92. The summed E-state index contributed by atoms with van der Waals surface area (Å²) < 4.78 is 29.9. The van der Waals surface area contributed by atoms with Crippen LogP contribution in [0.25, 0.3) is 22.5 Å². The van der Waals surface area contributed by atoms with Gasteiger partial charge in [0.15, 0.2) is 16.7 Å². The van der Waals surface area contributed by atoms with Crippen molar-refractivity contribution in [1.82, 2.24) is 24.5 Å². The maximum atomic E-state index is 14.6. The van der Waals surface area contributed by atoms with Crippen LogP contribution < -0.4 is 15.5 Å². The van der Waals surface area contributed by atoms with Gasteiger partial charge < -0.3 is 19.5 Å². The molecule has 0 unspecified atom stereocenters. The Morgan fingerprint density at radius 2 is 1.98 bits per heavy atom. The van der Waals surface area contributed by atoms with Gasteiger partial charge in [0.1, 0.15) is 18.5 Å². The minimum atomic E-state index is -1.59. The van der Waals surface area contributed by atoms with Gasteiger partial charge in [0.25, 0.3) is 0 Å². The van der Waals surface area contributed by atoms with E-state index in [1.807, 2.05) is 20.2 Å². The summed E-state index contributed by atoms with van der Waals surface area (Å²) in [5.74, 6) is -0.113. The normalized spacial score (nSPS) is 13.8. The fraction of sp³-hybridized carbons (Fsp3) is 0.226. The molecule has 1 atom stereocenters. The van der Waals surface area contributed by atoms with Gasteiger partial charge in [-0.2, -0.15) is 10.2 Å². The fourth-order valence-corrected chi connectivity index (χ4v) is 5.68. The van der Waals surface area contributed by atoms with Crippen LogP contribution in [-0.4, -0.2) is 47.8 Å². The highest BCUT2D eigenvalue weighted by Gasteiger charge is 2.27. The van der Waals surface area contributed by atoms with Crippen LogP contribution >= 0.6 is 11.6 Å². The molecule has 0 saturated carbocycles. The predicted octanol–water partition coefficient (Wildman–Crippen LogP) is 4.63. The van der Waals surface area contributed by atoms with Crippen molar-refractivity contribution in [3.05, 3.63) is 94.1 Å². The van der Waals surface area contributed by atoms with Gasteiger partial charge in [-0.25, -0.2) is 14.2 Å². The Kier molecular flexibility index (Phi) is 8.32. The van der Waals surface area contributed by atoms with E-state index in [0.717, 1.165) is 16.8 Å². The van der Waals surface area contributed by atoms with Crippen molar-refractivity contribution in [3.8, 4) is 28.3 Å². The summed E-state index contributed by atoms with van der Waals surface area (Å²) in [7, 11) is 0.231. The Labute approximate surface area is 263 Å². The number of pyridine rings is 1. The molecule has 6 rings (SSSR count). The second-order valence-electron chi connectivity index (χ2n) is 10.7. The van der Waals surface area contributed by atoms with Gasteiger partial charge in [-0.3, -0.25) is 14.7 Å². The number of nitrogens with zero attached hydrogens (tertiary/aromatic N) is 5. The van der Waals surface area contributed by atoms with Crippen molar-refractivity contribution in [2.75, 3.05) is 5.32 Å². The Hall–Kier alpha value is -4.72. The molecule has 2 aromatic carbocycles. The zero-order valence-corrected chi connectivity index (χ0v) is 25.4. The van der Waals surface area contributed by atoms with Gasteiger partial charge in [-0.1, -0.05) is 35.9 Å². The number of rotatable bonds is 5. The molecular formula is C31H29BClFN6O5. The predicted molar refractivity (Wildman–Crippen MR) is 167 cm³/mol. The zero-order chi connectivity index (χ0) is 31.8. The topological polar surface area (TPSA) is 137 Å². The number of aryl methyl sites for hydroxylation is 2. The molecular weight excluding hydrogens is 602 g/mol. The lowest BCUT2D eigenvalue weighted by Gasteiger charge is -2.22. The molecule has 5 aromatic rings. The SMILES string of the molecule is CCn1nc(Cl)c2c1-c1cnc(NC(=O)OCc3ccc(B(O)O)cc3)c(c1)O[C@H](C)c1cc(F)ccc1-c1nn(C)cc1C2. The fourth-order valence-electron chi connectivity index (χ4n) is 5.43. The van der Waals surface area contributed by atoms with E-state index in [1.54, 1.807) is 46.7 Å². The van der Waals surface area contributed by atoms with E-state index in [-0.39, 0.29) is 18.2 Å². The molecule has 3 aromatic heterocycles. The van der Waals surface area contributed by atoms with Gasteiger partial charge in [-0.05, 0) is 49.1 Å². The number of anilines is 1. The average molecular weight is 631 g/mol. The van der Waals surface area contributed by atoms with Crippen LogP contribution in [0.2, 0.25) is 5.15 Å². The van der Waals surface area contributed by atoms with Crippen molar-refractivity contribution < 1.29 is 28.7 Å². The van der Waals surface area contributed by atoms with E-state index in [1.165, 1.54) is 24.3 Å². The molecule has 0 radical (unpaired) electrons. The minimum absolute atomic E-state index is 0.0745. The van der Waals surface area contributed by atoms with Crippen LogP contribution in [0.1, 0.15) is 42.2 Å². The molecule has 0 fully saturated rings. The Bertz CT molecular complexity index is 1890. The smallest absolute Gasteiger partial charge is 0.482 e. The van der Waals surface area contributed by atoms with E-state index >= 15 is 0 Å². The monoisotopic (exact) mass is 630 g/mol. The number of carbonyl (C=O) groups excluding carboxylic acids is 1. The maximum Gasteiger partial charge on any atom is 0.488 e. The molecule has 1 aliphatic rings. The Morgan fingerprint density at radius 3 is 2.71 bits per heavy atom. The molecule has 230 valence electrons. The first kappa shape index (κ1) is 30.3. The van der Waals surface area contributed by atoms with Crippen LogP contribution in [0, 0.1) is 5.82 Å². The van der Waals surface area contributed by atoms with Crippen molar-refractivity contribution >= 4 is 36.1 Å². The number of ether oxygens (including phenoxy) is 2. The van der Waals surface area contributed by atoms with E-state index in [2.05, 4.69) is 15.4 Å². The summed E-state index contributed by atoms with van der Waals surface area (Å²) in [6.07, 6.45) is 2.45. The highest BCUT2D eigenvalue weighted by atomic mass is 35.5. The molecule has 14 heteroatoms. The molecule has 11 nitrogen and oxygen atoms in total. The number of amides is 1. The van der Waals surface area contributed by atoms with Crippen molar-refractivity contribution in [2.45, 2.75) is 39.5 Å². The summed E-state index contributed by atoms with van der Waals surface area (Å²) in [4.78, 5) is 17.4. The molecule has 3 N–H and O–H groups in total. The molecule has 0 spiro atoms. The van der Waals surface area contributed by atoms with Crippen molar-refractivity contribution in [1.29, 1.82) is 0 Å². The number of halogens is 2. The minimum Gasteiger partial charge on any atom is -0.482 e. The number of carbonyl (C=O) groups is 1. The van der Waals surface area contributed by atoms with Crippen molar-refractivity contribution in [2.24, 2.45) is 7.05 Å². The maximum absolute atomic E-state index is 14.6. The lowest BCUT2D eigenvalue weighted by molar-refractivity contribution is 0.154. The third kappa shape index (κ3) is 6.14. The second kappa shape index (κ2) is 12.3. The van der Waals surface area contributed by atoms with Crippen molar-refractivity contribution in [3.63, 3.8) is 0 Å². The summed E-state index contributed by atoms with van der Waals surface area (Å²) in [6.45, 7) is 4.20. The molecule has 1 aliphatic heterocycles. The lowest BCUT2D eigenvalue weighted by Crippen LogP contribution is -2.29. The number of fused-ring (bicyclic) bond motifs is 7. The first-order valence-corrected chi connectivity index (χ1v) is 14.6. The van der Waals surface area contributed by atoms with Gasteiger partial charge in [0, 0.05) is 60.2 Å². The summed E-state index contributed by atoms with van der Waals surface area (Å²) >= 11 is 6.71. The molecule has 2 bridgehead atoms. The van der Waals surface area contributed by atoms with Crippen LogP contribution in [0.5, 0.6) is 5.75 Å². The molecule has 45 heavy (non-hydrogen) atoms. The first-order valence-electron chi connectivity index (χ1n) is 14.2. The van der Waals surface area contributed by atoms with E-state index in [4.69, 9.17) is 26.2 Å². The van der Waals surface area contributed by atoms with Crippen LogP contribution in [-0.2, 0) is 31.4 Å². The second-order valence-corrected chi connectivity index (χ2v) is 11.0. The van der Waals surface area contributed by atoms with E-state index < -0.39 is 25.1 Å². The van der Waals surface area contributed by atoms with E-state index in [0.29, 0.717) is 51.5 Å². The van der Waals surface area contributed by atoms with Crippen LogP contribution in [0.15, 0.2) is 60.9 Å². The largest absolute Gasteiger partial charge is 0.488 e. The Balaban J connectivity index is 1.40. The average Bonchev–Trinajstić information content (AvgIpc) is 3.54. The third-order valence-corrected chi connectivity index (χ3v) is 7.88. The van der Waals surface area contributed by atoms with Crippen LogP contribution in [0.4, 0.5) is 15.0 Å². The molecule has 0 saturated heterocycles. The number of aromatic nitrogens is 5. The quantitative estimate of drug-likeness (QED) is 0.239. The first-order chi connectivity index (χ1) is 21.6. The summed E-state index contributed by atoms with van der Waals surface area (Å²) in [5, 5.41) is 30.9. The van der Waals surface area contributed by atoms with Crippen LogP contribution in [0.3, 0.4) is 0 Å². The van der Waals surface area contributed by atoms with Gasteiger partial charge in [0.2, 0.25) is 0 Å². The molecule has 1 amide bonds. The van der Waals surface area contributed by atoms with E-state index in [9.17, 15) is 19.2 Å². The summed E-state index contributed by atoms with van der Waals surface area (Å²) in [6, 6.07) is 12.5. The van der Waals surface area contributed by atoms with Gasteiger partial charge in [-0.15, -0.1) is 0 Å². The molecule has 4 heterocycles. The van der Waals surface area contributed by atoms with Gasteiger partial charge >= 0.3 is 13.2 Å².